The Balaban J connectivity index is 2.48. The molecule has 0 amide bonds. The van der Waals surface area contributed by atoms with E-state index in [0.717, 1.165) is 0 Å². The number of rotatable bonds is 1. The average Bonchev–Trinajstić information content (AvgIpc) is 1.41. The van der Waals surface area contributed by atoms with Gasteiger partial charge in [0.2, 0.25) is 0 Å². The summed E-state index contributed by atoms with van der Waals surface area (Å²) in [6.07, 6.45) is 8.88. The van der Waals surface area contributed by atoms with Gasteiger partial charge in [0.1, 0.15) is 0 Å². The summed E-state index contributed by atoms with van der Waals surface area (Å²) < 4.78 is 0. The van der Waals surface area contributed by atoms with Crippen LogP contribution in [0.3, 0.4) is 0 Å². The Morgan fingerprint density at radius 3 is 2.60 bits per heavy atom. The summed E-state index contributed by atoms with van der Waals surface area (Å²) in [5.74, 6) is 2.21. The standard InChI is InChI=1S/C5H6/c1-3-5-4-2/h3H,5H2,1H3. The minimum atomic E-state index is 0.681. The van der Waals surface area contributed by atoms with Gasteiger partial charge in [-0.05, 0) is 12.8 Å². The highest BCUT2D eigenvalue weighted by Gasteiger charge is 1.62. The van der Waals surface area contributed by atoms with Gasteiger partial charge in [0.15, 0.2) is 0 Å². The Morgan fingerprint density at radius 2 is 2.60 bits per heavy atom. The molecular weight excluding hydrogens is 60.1 g/mol. The van der Waals surface area contributed by atoms with Crippen molar-refractivity contribution in [3.8, 4) is 5.92 Å². The van der Waals surface area contributed by atoms with Gasteiger partial charge in [0.05, 0.1) is 0 Å². The second kappa shape index (κ2) is 3.56. The lowest BCUT2D eigenvalue weighted by atomic mass is 10.4. The van der Waals surface area contributed by atoms with Gasteiger partial charge < -0.3 is 0 Å². The first kappa shape index (κ1) is 4.56. The third-order valence-electron chi connectivity index (χ3n) is 0.306. The van der Waals surface area contributed by atoms with Crippen LogP contribution in [0.15, 0.2) is 0 Å². The van der Waals surface area contributed by atoms with Gasteiger partial charge in [-0.1, -0.05) is 12.8 Å². The lowest BCUT2D eigenvalue weighted by Crippen LogP contribution is -1.55. The van der Waals surface area contributed by atoms with Crippen molar-refractivity contribution < 1.29 is 0 Å². The molecule has 0 nitrogen and oxygen atoms in total. The normalized spacial score (nSPS) is 6.40. The van der Waals surface area contributed by atoms with Crippen molar-refractivity contribution in [1.82, 2.24) is 0 Å². The fraction of sp³-hybridized carbons (Fsp3) is 0.400. The fourth-order valence-corrected chi connectivity index (χ4v) is 0.102. The van der Waals surface area contributed by atoms with Crippen LogP contribution in [0, 0.1) is 18.8 Å². The molecule has 0 aromatic rings. The van der Waals surface area contributed by atoms with Crippen LogP contribution in [0.4, 0.5) is 0 Å². The molecule has 0 aliphatic heterocycles. The molecule has 0 bridgehead atoms. The SMILES string of the molecule is [C]#CC[CH]C. The number of hydrogen-bond donors (Lipinski definition) is 0. The van der Waals surface area contributed by atoms with E-state index in [1.54, 1.807) is 0 Å². The molecule has 0 heterocycles. The Morgan fingerprint density at radius 1 is 2.00 bits per heavy atom. The zero-order chi connectivity index (χ0) is 4.12. The molecule has 0 saturated carbocycles. The minimum Gasteiger partial charge on any atom is -0.0888 e. The number of unbranched alkanes of at least 4 members (excludes halogenated alkanes) is 1. The van der Waals surface area contributed by atoms with Gasteiger partial charge in [0.25, 0.3) is 0 Å². The van der Waals surface area contributed by atoms with Crippen LogP contribution in [0.1, 0.15) is 13.3 Å². The van der Waals surface area contributed by atoms with Crippen molar-refractivity contribution in [3.63, 3.8) is 0 Å². The first-order valence-electron chi connectivity index (χ1n) is 1.59. The van der Waals surface area contributed by atoms with E-state index >= 15 is 0 Å². The van der Waals surface area contributed by atoms with E-state index in [9.17, 15) is 0 Å². The molecule has 0 rings (SSSR count). The molecule has 0 aromatic heterocycles. The molecule has 0 aromatic carbocycles. The quantitative estimate of drug-likeness (QED) is 0.403. The van der Waals surface area contributed by atoms with Crippen LogP contribution < -0.4 is 0 Å². The number of hydrogen-bond acceptors (Lipinski definition) is 0. The van der Waals surface area contributed by atoms with E-state index < -0.39 is 0 Å². The summed E-state index contributed by atoms with van der Waals surface area (Å²) in [6.45, 7) is 1.90. The molecule has 0 unspecified atom stereocenters. The summed E-state index contributed by atoms with van der Waals surface area (Å²) in [5.41, 5.74) is 0. The summed E-state index contributed by atoms with van der Waals surface area (Å²) in [7, 11) is 0. The molecule has 0 heteroatoms. The molecule has 0 spiro atoms. The molecular formula is C5H6. The summed E-state index contributed by atoms with van der Waals surface area (Å²) >= 11 is 0. The smallest absolute Gasteiger partial charge is 0.0127 e. The average molecular weight is 66.1 g/mol. The van der Waals surface area contributed by atoms with Crippen LogP contribution in [0.25, 0.3) is 0 Å². The van der Waals surface area contributed by atoms with Gasteiger partial charge in [-0.3, -0.25) is 0 Å². The third-order valence-corrected chi connectivity index (χ3v) is 0.306. The van der Waals surface area contributed by atoms with Gasteiger partial charge in [-0.25, -0.2) is 0 Å². The second-order valence-electron chi connectivity index (χ2n) is 0.789. The van der Waals surface area contributed by atoms with E-state index in [0.29, 0.717) is 6.42 Å². The second-order valence-corrected chi connectivity index (χ2v) is 0.789. The first-order chi connectivity index (χ1) is 2.41. The van der Waals surface area contributed by atoms with E-state index in [-0.39, 0.29) is 0 Å². The van der Waals surface area contributed by atoms with Crippen molar-refractivity contribution in [1.29, 1.82) is 0 Å². The van der Waals surface area contributed by atoms with Crippen molar-refractivity contribution in [2.45, 2.75) is 13.3 Å². The summed E-state index contributed by atoms with van der Waals surface area (Å²) in [4.78, 5) is 0. The zero-order valence-corrected chi connectivity index (χ0v) is 3.28. The van der Waals surface area contributed by atoms with E-state index in [1.807, 2.05) is 13.3 Å². The van der Waals surface area contributed by atoms with Crippen LogP contribution >= 0.6 is 0 Å². The highest BCUT2D eigenvalue weighted by atomic mass is 13.7. The molecule has 0 saturated heterocycles. The maximum atomic E-state index is 6.32. The Hall–Kier alpha value is -0.440. The summed E-state index contributed by atoms with van der Waals surface area (Å²) in [6, 6.07) is 0. The van der Waals surface area contributed by atoms with Gasteiger partial charge in [-0.15, -0.1) is 0 Å². The van der Waals surface area contributed by atoms with Crippen LogP contribution in [0.5, 0.6) is 0 Å². The minimum absolute atomic E-state index is 0.681. The Kier molecular flexibility index (Phi) is 3.25. The van der Waals surface area contributed by atoms with Crippen LogP contribution in [-0.4, -0.2) is 0 Å². The van der Waals surface area contributed by atoms with E-state index in [2.05, 4.69) is 5.92 Å². The van der Waals surface area contributed by atoms with Crippen molar-refractivity contribution in [2.24, 2.45) is 0 Å². The largest absolute Gasteiger partial charge is 0.0888 e. The molecule has 0 N–H and O–H groups in total. The Labute approximate surface area is 33.2 Å². The molecule has 26 valence electrons. The predicted octanol–water partition coefficient (Wildman–Crippen LogP) is 1.19. The lowest BCUT2D eigenvalue weighted by Gasteiger charge is -1.68. The molecule has 5 heavy (non-hydrogen) atoms. The van der Waals surface area contributed by atoms with E-state index in [1.165, 1.54) is 0 Å². The molecule has 0 aliphatic rings. The fourth-order valence-electron chi connectivity index (χ4n) is 0.102. The van der Waals surface area contributed by atoms with E-state index in [4.69, 9.17) is 6.42 Å². The molecule has 2 radical (unpaired) electrons. The van der Waals surface area contributed by atoms with Crippen LogP contribution in [0.2, 0.25) is 0 Å². The molecule has 0 fully saturated rings. The monoisotopic (exact) mass is 66.0 g/mol. The predicted molar refractivity (Wildman–Crippen MR) is 21.7 cm³/mol. The molecule has 0 aliphatic carbocycles. The van der Waals surface area contributed by atoms with Crippen molar-refractivity contribution >= 4 is 0 Å². The lowest BCUT2D eigenvalue weighted by molar-refractivity contribution is 1.26. The van der Waals surface area contributed by atoms with Crippen LogP contribution in [-0.2, 0) is 0 Å². The Bertz CT molecular complexity index is 38.5. The highest BCUT2D eigenvalue weighted by Crippen LogP contribution is 1.75. The molecule has 0 atom stereocenters. The van der Waals surface area contributed by atoms with Gasteiger partial charge in [-0.2, -0.15) is 0 Å². The maximum Gasteiger partial charge on any atom is 0.0127 e. The van der Waals surface area contributed by atoms with Gasteiger partial charge in [0, 0.05) is 6.42 Å². The zero-order valence-electron chi connectivity index (χ0n) is 3.28. The third kappa shape index (κ3) is 3.56. The van der Waals surface area contributed by atoms with Crippen molar-refractivity contribution in [2.75, 3.05) is 0 Å². The maximum absolute atomic E-state index is 6.32. The van der Waals surface area contributed by atoms with Crippen molar-refractivity contribution in [3.05, 3.63) is 12.8 Å². The first-order valence-corrected chi connectivity index (χ1v) is 1.59. The summed E-state index contributed by atoms with van der Waals surface area (Å²) in [5, 5.41) is 0. The van der Waals surface area contributed by atoms with Gasteiger partial charge >= 0.3 is 0 Å². The topological polar surface area (TPSA) is 0 Å². The highest BCUT2D eigenvalue weighted by molar-refractivity contribution is 4.81.